The van der Waals surface area contributed by atoms with Crippen LogP contribution in [0.15, 0.2) is 15.0 Å². The molecule has 6 heteroatoms. The molecular weight excluding hydrogens is 270 g/mol. The fourth-order valence-electron chi connectivity index (χ4n) is 4.42. The third kappa shape index (κ3) is 3.25. The second-order valence-electron chi connectivity index (χ2n) is 6.62. The van der Waals surface area contributed by atoms with Crippen LogP contribution in [-0.4, -0.2) is 36.9 Å². The summed E-state index contributed by atoms with van der Waals surface area (Å²) in [6.45, 7) is 2.44. The van der Waals surface area contributed by atoms with Crippen molar-refractivity contribution < 1.29 is 14.4 Å². The summed E-state index contributed by atoms with van der Waals surface area (Å²) in [5.41, 5.74) is -0.708. The Labute approximate surface area is 123 Å². The normalized spacial score (nSPS) is 32.4. The first-order valence-electron chi connectivity index (χ1n) is 7.24. The molecule has 0 amide bonds. The van der Waals surface area contributed by atoms with E-state index in [9.17, 15) is 14.4 Å². The van der Waals surface area contributed by atoms with Gasteiger partial charge in [-0.3, -0.25) is 0 Å². The van der Waals surface area contributed by atoms with Gasteiger partial charge in [0.25, 0.3) is 0 Å². The Hall–Kier alpha value is -1.86. The van der Waals surface area contributed by atoms with Gasteiger partial charge in [0.1, 0.15) is 0 Å². The minimum Gasteiger partial charge on any atom is -0.211 e. The van der Waals surface area contributed by atoms with Crippen LogP contribution in [0.2, 0.25) is 0 Å². The van der Waals surface area contributed by atoms with Crippen molar-refractivity contribution in [2.24, 2.45) is 32.2 Å². The fraction of sp³-hybridized carbons (Fsp3) is 0.800. The van der Waals surface area contributed by atoms with E-state index in [-0.39, 0.29) is 12.0 Å². The van der Waals surface area contributed by atoms with Crippen LogP contribution in [0.25, 0.3) is 0 Å². The lowest BCUT2D eigenvalue weighted by molar-refractivity contribution is 0.138. The van der Waals surface area contributed by atoms with E-state index in [1.54, 1.807) is 12.2 Å². The Kier molecular flexibility index (Phi) is 4.64. The molecule has 0 aromatic carbocycles. The molecule has 2 bridgehead atoms. The van der Waals surface area contributed by atoms with E-state index < -0.39 is 5.54 Å². The smallest absolute Gasteiger partial charge is 0.211 e. The third-order valence-corrected chi connectivity index (χ3v) is 5.14. The highest BCUT2D eigenvalue weighted by Gasteiger charge is 2.54. The molecule has 0 saturated heterocycles. The van der Waals surface area contributed by atoms with E-state index in [1.807, 2.05) is 6.92 Å². The van der Waals surface area contributed by atoms with Gasteiger partial charge in [-0.2, -0.15) is 4.99 Å². The molecule has 2 aliphatic carbocycles. The molecule has 2 fully saturated rings. The zero-order chi connectivity index (χ0) is 15.3. The fourth-order valence-corrected chi connectivity index (χ4v) is 4.42. The summed E-state index contributed by atoms with van der Waals surface area (Å²) < 4.78 is 0. The number of hydrogen-bond donors (Lipinski definition) is 0. The number of nitrogens with zero attached hydrogens (tertiary/aromatic N) is 3. The van der Waals surface area contributed by atoms with Gasteiger partial charge in [-0.05, 0) is 56.3 Å². The number of aliphatic imine (C=N–C) groups is 3. The van der Waals surface area contributed by atoms with E-state index in [1.165, 1.54) is 12.5 Å². The molecule has 0 N–H and O–H groups in total. The number of carbonyl (C=O) groups excluding carboxylic acids is 3. The second-order valence-corrected chi connectivity index (χ2v) is 6.62. The van der Waals surface area contributed by atoms with Crippen molar-refractivity contribution in [2.75, 3.05) is 13.1 Å². The summed E-state index contributed by atoms with van der Waals surface area (Å²) in [6.07, 6.45) is 9.73. The van der Waals surface area contributed by atoms with Crippen molar-refractivity contribution in [1.82, 2.24) is 0 Å². The first kappa shape index (κ1) is 15.5. The Balaban J connectivity index is 2.21. The van der Waals surface area contributed by atoms with Gasteiger partial charge in [0.15, 0.2) is 0 Å². The predicted octanol–water partition coefficient (Wildman–Crippen LogP) is 1.95. The average molecular weight is 289 g/mol. The molecule has 0 radical (unpaired) electrons. The summed E-state index contributed by atoms with van der Waals surface area (Å²) in [4.78, 5) is 42.7. The standard InChI is InChI=1S/C15H19N3O3/c1-14(18-11-21,8-17-10-20)7-15-3-2-12(5-15)4-13(15)6-16-9-19/h12-13H,2-8H2,1H3. The lowest BCUT2D eigenvalue weighted by Gasteiger charge is -2.39. The molecule has 4 atom stereocenters. The Morgan fingerprint density at radius 2 is 1.95 bits per heavy atom. The lowest BCUT2D eigenvalue weighted by Crippen LogP contribution is -2.38. The van der Waals surface area contributed by atoms with E-state index in [0.29, 0.717) is 24.8 Å². The van der Waals surface area contributed by atoms with Crippen molar-refractivity contribution in [1.29, 1.82) is 0 Å². The first-order chi connectivity index (χ1) is 10.1. The van der Waals surface area contributed by atoms with E-state index in [4.69, 9.17) is 0 Å². The minimum atomic E-state index is -0.735. The van der Waals surface area contributed by atoms with Gasteiger partial charge < -0.3 is 0 Å². The van der Waals surface area contributed by atoms with Gasteiger partial charge in [0, 0.05) is 0 Å². The van der Waals surface area contributed by atoms with Crippen molar-refractivity contribution in [3.8, 4) is 0 Å². The molecule has 0 heterocycles. The summed E-state index contributed by atoms with van der Waals surface area (Å²) in [6, 6.07) is 0. The number of hydrogen-bond acceptors (Lipinski definition) is 6. The van der Waals surface area contributed by atoms with Crippen LogP contribution >= 0.6 is 0 Å². The maximum absolute atomic E-state index is 10.7. The van der Waals surface area contributed by atoms with E-state index in [2.05, 4.69) is 15.0 Å². The molecule has 4 unspecified atom stereocenters. The largest absolute Gasteiger partial charge is 0.235 e. The number of rotatable bonds is 7. The Morgan fingerprint density at radius 3 is 2.57 bits per heavy atom. The Morgan fingerprint density at radius 1 is 1.19 bits per heavy atom. The van der Waals surface area contributed by atoms with Gasteiger partial charge in [0.05, 0.1) is 18.6 Å². The average Bonchev–Trinajstić information content (AvgIpc) is 3.00. The van der Waals surface area contributed by atoms with Gasteiger partial charge in [-0.25, -0.2) is 24.4 Å². The predicted molar refractivity (Wildman–Crippen MR) is 75.0 cm³/mol. The van der Waals surface area contributed by atoms with Crippen LogP contribution in [0.3, 0.4) is 0 Å². The summed E-state index contributed by atoms with van der Waals surface area (Å²) in [7, 11) is 0. The van der Waals surface area contributed by atoms with Crippen LogP contribution < -0.4 is 0 Å². The molecule has 112 valence electrons. The van der Waals surface area contributed by atoms with E-state index >= 15 is 0 Å². The molecule has 0 spiro atoms. The quantitative estimate of drug-likeness (QED) is 0.530. The van der Waals surface area contributed by atoms with Crippen LogP contribution in [0.4, 0.5) is 0 Å². The Bertz CT molecular complexity index is 544. The zero-order valence-corrected chi connectivity index (χ0v) is 12.2. The summed E-state index contributed by atoms with van der Waals surface area (Å²) in [5, 5.41) is 0. The SMILES string of the molecule is CC(CN=C=O)(CC12CCC(CC1CN=C=O)C2)N=C=O. The lowest BCUT2D eigenvalue weighted by atomic mass is 9.68. The molecule has 6 nitrogen and oxygen atoms in total. The molecule has 21 heavy (non-hydrogen) atoms. The highest BCUT2D eigenvalue weighted by molar-refractivity contribution is 5.36. The van der Waals surface area contributed by atoms with Crippen LogP contribution in [0, 0.1) is 17.3 Å². The van der Waals surface area contributed by atoms with E-state index in [0.717, 1.165) is 19.3 Å². The monoisotopic (exact) mass is 289 g/mol. The van der Waals surface area contributed by atoms with Crippen LogP contribution in [-0.2, 0) is 14.4 Å². The van der Waals surface area contributed by atoms with Crippen LogP contribution in [0.1, 0.15) is 39.0 Å². The highest BCUT2D eigenvalue weighted by atomic mass is 16.1. The summed E-state index contributed by atoms with van der Waals surface area (Å²) >= 11 is 0. The maximum atomic E-state index is 10.7. The maximum Gasteiger partial charge on any atom is 0.235 e. The van der Waals surface area contributed by atoms with Crippen molar-refractivity contribution in [3.63, 3.8) is 0 Å². The molecule has 2 saturated carbocycles. The van der Waals surface area contributed by atoms with Gasteiger partial charge in [-0.1, -0.05) is 0 Å². The van der Waals surface area contributed by atoms with Crippen LogP contribution in [0.5, 0.6) is 0 Å². The van der Waals surface area contributed by atoms with Crippen molar-refractivity contribution >= 4 is 18.2 Å². The molecule has 2 rings (SSSR count). The minimum absolute atomic E-state index is 0.0263. The first-order valence-corrected chi connectivity index (χ1v) is 7.24. The number of isocyanates is 3. The second kappa shape index (κ2) is 6.28. The number of fused-ring (bicyclic) bond motifs is 2. The zero-order valence-electron chi connectivity index (χ0n) is 12.2. The van der Waals surface area contributed by atoms with Gasteiger partial charge in [-0.15, -0.1) is 0 Å². The van der Waals surface area contributed by atoms with Crippen molar-refractivity contribution in [3.05, 3.63) is 0 Å². The molecule has 0 aliphatic heterocycles. The molecule has 0 aromatic rings. The highest BCUT2D eigenvalue weighted by Crippen LogP contribution is 2.61. The van der Waals surface area contributed by atoms with Gasteiger partial charge >= 0.3 is 0 Å². The topological polar surface area (TPSA) is 88.3 Å². The third-order valence-electron chi connectivity index (χ3n) is 5.14. The van der Waals surface area contributed by atoms with Crippen molar-refractivity contribution in [2.45, 2.75) is 44.6 Å². The molecular formula is C15H19N3O3. The molecule has 0 aromatic heterocycles. The molecule has 2 aliphatic rings. The summed E-state index contributed by atoms with van der Waals surface area (Å²) in [5.74, 6) is 0.981. The van der Waals surface area contributed by atoms with Gasteiger partial charge in [0.2, 0.25) is 18.2 Å².